The fourth-order valence-corrected chi connectivity index (χ4v) is 4.25. The lowest BCUT2D eigenvalue weighted by atomic mass is 9.81. The summed E-state index contributed by atoms with van der Waals surface area (Å²) in [6.45, 7) is 7.67. The molecule has 2 N–H and O–H groups in total. The van der Waals surface area contributed by atoms with Crippen molar-refractivity contribution in [2.45, 2.75) is 84.7 Å². The molecule has 3 rings (SSSR count). The topological polar surface area (TPSA) is 102 Å². The van der Waals surface area contributed by atoms with E-state index in [-0.39, 0.29) is 29.0 Å². The minimum atomic E-state index is -0.286. The normalized spacial score (nSPS) is 19.6. The summed E-state index contributed by atoms with van der Waals surface area (Å²) in [6, 6.07) is 0. The number of aromatic nitrogens is 4. The number of H-pyrrole nitrogens is 1. The first-order chi connectivity index (χ1) is 14.0. The summed E-state index contributed by atoms with van der Waals surface area (Å²) < 4.78 is 2.94. The van der Waals surface area contributed by atoms with Crippen LogP contribution in [0.15, 0.2) is 9.59 Å². The summed E-state index contributed by atoms with van der Waals surface area (Å²) in [5, 5.41) is 2.99. The molecule has 0 unspecified atom stereocenters. The molecule has 1 aliphatic carbocycles. The Morgan fingerprint density at radius 2 is 1.69 bits per heavy atom. The number of nitrogens with one attached hydrogen (secondary N) is 2. The number of amides is 1. The number of aromatic amines is 1. The second-order valence-electron chi connectivity index (χ2n) is 8.05. The summed E-state index contributed by atoms with van der Waals surface area (Å²) in [4.78, 5) is 45.8. The van der Waals surface area contributed by atoms with Gasteiger partial charge in [0.1, 0.15) is 11.3 Å². The number of carbonyl (C=O) groups excluding carboxylic acids is 1. The SMILES string of the molecule is CCCNC(=O)C1CCC(c2nc3c([nH]2)c(=O)n(CCC)c(=O)n3CCC)CC1. The third-order valence-corrected chi connectivity index (χ3v) is 5.81. The van der Waals surface area contributed by atoms with Crippen LogP contribution in [0.3, 0.4) is 0 Å². The van der Waals surface area contributed by atoms with E-state index in [2.05, 4.69) is 10.3 Å². The largest absolute Gasteiger partial charge is 0.356 e. The first-order valence-electron chi connectivity index (χ1n) is 11.0. The molecule has 0 aromatic carbocycles. The van der Waals surface area contributed by atoms with Crippen LogP contribution in [-0.2, 0) is 17.9 Å². The molecule has 0 atom stereocenters. The predicted molar refractivity (Wildman–Crippen MR) is 113 cm³/mol. The highest BCUT2D eigenvalue weighted by Crippen LogP contribution is 2.35. The van der Waals surface area contributed by atoms with Gasteiger partial charge in [0, 0.05) is 31.5 Å². The summed E-state index contributed by atoms with van der Waals surface area (Å²) in [7, 11) is 0. The van der Waals surface area contributed by atoms with Crippen LogP contribution in [0.5, 0.6) is 0 Å². The van der Waals surface area contributed by atoms with Gasteiger partial charge in [-0.15, -0.1) is 0 Å². The molecule has 0 spiro atoms. The van der Waals surface area contributed by atoms with Crippen molar-refractivity contribution in [3.63, 3.8) is 0 Å². The van der Waals surface area contributed by atoms with E-state index >= 15 is 0 Å². The Bertz CT molecular complexity index is 963. The highest BCUT2D eigenvalue weighted by Gasteiger charge is 2.29. The minimum Gasteiger partial charge on any atom is -0.356 e. The molecule has 0 radical (unpaired) electrons. The lowest BCUT2D eigenvalue weighted by Crippen LogP contribution is -2.40. The van der Waals surface area contributed by atoms with Crippen LogP contribution in [0, 0.1) is 5.92 Å². The van der Waals surface area contributed by atoms with E-state index in [1.165, 1.54) is 4.57 Å². The lowest BCUT2D eigenvalue weighted by Gasteiger charge is -2.26. The van der Waals surface area contributed by atoms with Crippen LogP contribution < -0.4 is 16.6 Å². The maximum atomic E-state index is 12.9. The van der Waals surface area contributed by atoms with Gasteiger partial charge in [-0.3, -0.25) is 18.7 Å². The van der Waals surface area contributed by atoms with Crippen molar-refractivity contribution in [3.8, 4) is 0 Å². The third-order valence-electron chi connectivity index (χ3n) is 5.81. The highest BCUT2D eigenvalue weighted by molar-refractivity contribution is 5.78. The van der Waals surface area contributed by atoms with Gasteiger partial charge in [-0.25, -0.2) is 9.78 Å². The van der Waals surface area contributed by atoms with Gasteiger partial charge in [-0.05, 0) is 44.9 Å². The summed E-state index contributed by atoms with van der Waals surface area (Å²) in [5.74, 6) is 1.15. The van der Waals surface area contributed by atoms with E-state index in [0.717, 1.165) is 57.3 Å². The number of aryl methyl sites for hydroxylation is 1. The monoisotopic (exact) mass is 403 g/mol. The van der Waals surface area contributed by atoms with Crippen molar-refractivity contribution >= 4 is 17.1 Å². The van der Waals surface area contributed by atoms with E-state index in [1.807, 2.05) is 20.8 Å². The van der Waals surface area contributed by atoms with E-state index in [0.29, 0.717) is 24.3 Å². The summed E-state index contributed by atoms with van der Waals surface area (Å²) in [5.41, 5.74) is 0.322. The standard InChI is InChI=1S/C21H33N5O3/c1-4-11-22-19(27)15-9-7-14(8-10-15)17-23-16-18(24-17)25(12-5-2)21(29)26(13-6-3)20(16)28/h14-15H,4-13H2,1-3H3,(H,22,27)(H,23,24). The van der Waals surface area contributed by atoms with E-state index < -0.39 is 0 Å². The van der Waals surface area contributed by atoms with Crippen LogP contribution in [0.4, 0.5) is 0 Å². The number of nitrogens with zero attached hydrogens (tertiary/aromatic N) is 3. The highest BCUT2D eigenvalue weighted by atomic mass is 16.2. The number of rotatable bonds is 8. The summed E-state index contributed by atoms with van der Waals surface area (Å²) in [6.07, 6.45) is 5.79. The van der Waals surface area contributed by atoms with Gasteiger partial charge in [0.15, 0.2) is 5.65 Å². The van der Waals surface area contributed by atoms with Crippen LogP contribution in [-0.4, -0.2) is 31.6 Å². The molecular weight excluding hydrogens is 370 g/mol. The zero-order valence-electron chi connectivity index (χ0n) is 17.8. The van der Waals surface area contributed by atoms with Gasteiger partial charge >= 0.3 is 5.69 Å². The Labute approximate surface area is 170 Å². The average Bonchev–Trinajstić information content (AvgIpc) is 3.18. The third kappa shape index (κ3) is 4.31. The molecule has 2 aromatic heterocycles. The maximum Gasteiger partial charge on any atom is 0.332 e. The lowest BCUT2D eigenvalue weighted by molar-refractivity contribution is -0.126. The van der Waals surface area contributed by atoms with Gasteiger partial charge in [-0.1, -0.05) is 20.8 Å². The number of hydrogen-bond acceptors (Lipinski definition) is 4. The van der Waals surface area contributed by atoms with Crippen LogP contribution in [0.2, 0.25) is 0 Å². The molecule has 29 heavy (non-hydrogen) atoms. The number of carbonyl (C=O) groups is 1. The Morgan fingerprint density at radius 1 is 1.03 bits per heavy atom. The van der Waals surface area contributed by atoms with Crippen molar-refractivity contribution < 1.29 is 4.79 Å². The molecule has 1 saturated carbocycles. The fourth-order valence-electron chi connectivity index (χ4n) is 4.25. The number of fused-ring (bicyclic) bond motifs is 1. The van der Waals surface area contributed by atoms with Crippen molar-refractivity contribution in [2.75, 3.05) is 6.54 Å². The van der Waals surface area contributed by atoms with Crippen molar-refractivity contribution in [2.24, 2.45) is 5.92 Å². The van der Waals surface area contributed by atoms with Gasteiger partial charge in [0.2, 0.25) is 5.91 Å². The molecule has 160 valence electrons. The van der Waals surface area contributed by atoms with Gasteiger partial charge in [-0.2, -0.15) is 0 Å². The van der Waals surface area contributed by atoms with Crippen LogP contribution in [0.25, 0.3) is 11.2 Å². The van der Waals surface area contributed by atoms with Crippen LogP contribution in [0.1, 0.15) is 77.5 Å². The molecule has 8 nitrogen and oxygen atoms in total. The Hall–Kier alpha value is -2.38. The molecule has 1 fully saturated rings. The Kier molecular flexibility index (Phi) is 6.92. The maximum absolute atomic E-state index is 12.9. The van der Waals surface area contributed by atoms with Crippen molar-refractivity contribution in [3.05, 3.63) is 26.7 Å². The number of hydrogen-bond donors (Lipinski definition) is 2. The van der Waals surface area contributed by atoms with Gasteiger partial charge < -0.3 is 10.3 Å². The van der Waals surface area contributed by atoms with Crippen molar-refractivity contribution in [1.29, 1.82) is 0 Å². The molecule has 2 aromatic rings. The summed E-state index contributed by atoms with van der Waals surface area (Å²) >= 11 is 0. The minimum absolute atomic E-state index is 0.0576. The molecular formula is C21H33N5O3. The zero-order chi connectivity index (χ0) is 21.0. The first kappa shape index (κ1) is 21.3. The van der Waals surface area contributed by atoms with E-state index in [4.69, 9.17) is 4.98 Å². The van der Waals surface area contributed by atoms with Crippen molar-refractivity contribution in [1.82, 2.24) is 24.4 Å². The molecule has 0 bridgehead atoms. The average molecular weight is 404 g/mol. The second-order valence-corrected chi connectivity index (χ2v) is 8.05. The Morgan fingerprint density at radius 3 is 2.31 bits per heavy atom. The smallest absolute Gasteiger partial charge is 0.332 e. The molecule has 1 amide bonds. The van der Waals surface area contributed by atoms with Crippen LogP contribution >= 0.6 is 0 Å². The van der Waals surface area contributed by atoms with Gasteiger partial charge in [0.25, 0.3) is 5.56 Å². The second kappa shape index (κ2) is 9.41. The van der Waals surface area contributed by atoms with Gasteiger partial charge in [0.05, 0.1) is 0 Å². The zero-order valence-corrected chi connectivity index (χ0v) is 17.8. The fraction of sp³-hybridized carbons (Fsp3) is 0.714. The molecule has 8 heteroatoms. The van der Waals surface area contributed by atoms with E-state index in [9.17, 15) is 14.4 Å². The molecule has 0 aliphatic heterocycles. The number of imidazole rings is 1. The Balaban J connectivity index is 1.87. The quantitative estimate of drug-likeness (QED) is 0.707. The first-order valence-corrected chi connectivity index (χ1v) is 11.0. The predicted octanol–water partition coefficient (Wildman–Crippen LogP) is 2.51. The van der Waals surface area contributed by atoms with E-state index in [1.54, 1.807) is 4.57 Å². The molecule has 2 heterocycles. The molecule has 0 saturated heterocycles. The molecule has 1 aliphatic rings.